The molecule has 4 aliphatic carbocycles. The maximum Gasteiger partial charge on any atom is 0.490 e. The average Bonchev–Trinajstić information content (AvgIpc) is 1.85. The standard InChI is InChI=1S/C63H100F3N11O12/c1-36(2)31-49(55(83)70-6)77-57(85)47(12-8-10-30-68)74-56(84)46(11-7-9-29-67)75-58(86)48(22-23-51(69)79)76-59(87)50(32-38-14-17-40(78)18-15-38)73-54(82)35-72-53(81)34-71-52(80)24-13-37(3)43-20-21-44-42-19-16-39-33-41(89-60(88)63(64,65)66)25-27-61(39,4)45(42)26-28-62(43,44)5/h14-15,17-18,36-37,39,41-50,78H,7-13,16,19-35,67-68H2,1-6H3,(H2,69,79)(H,70,83)(H,71,80)(H,72,81)(H,73,82)(H,74,84)(H,75,86)(H,76,87)(H,77,85)/t37-,39?,41-,42?,43-,44?,45?,46+,47+,48+,49+,50+,61+,62-/m1/s1. The number of alkyl halides is 3. The van der Waals surface area contributed by atoms with Crippen molar-refractivity contribution >= 4 is 59.1 Å². The lowest BCUT2D eigenvalue weighted by atomic mass is 9.44. The molecule has 1 aromatic carbocycles. The highest BCUT2D eigenvalue weighted by atomic mass is 19.4. The number of nitrogens with two attached hydrogens (primary N) is 3. The van der Waals surface area contributed by atoms with Crippen LogP contribution in [0.5, 0.6) is 5.75 Å². The van der Waals surface area contributed by atoms with E-state index in [1.807, 2.05) is 13.8 Å². The van der Waals surface area contributed by atoms with Gasteiger partial charge >= 0.3 is 12.1 Å². The second kappa shape index (κ2) is 34.0. The fourth-order valence-corrected chi connectivity index (χ4v) is 15.0. The number of halogens is 3. The zero-order valence-electron chi connectivity index (χ0n) is 52.8. The molecule has 9 amide bonds. The molecular weight excluding hydrogens is 1160 g/mol. The van der Waals surface area contributed by atoms with Gasteiger partial charge in [0.25, 0.3) is 0 Å². The van der Waals surface area contributed by atoms with Gasteiger partial charge in [-0.15, -0.1) is 0 Å². The number of esters is 1. The van der Waals surface area contributed by atoms with E-state index in [4.69, 9.17) is 21.9 Å². The summed E-state index contributed by atoms with van der Waals surface area (Å²) in [6, 6.07) is -0.480. The van der Waals surface area contributed by atoms with Crippen LogP contribution in [-0.2, 0) is 59.1 Å². The molecule has 0 saturated heterocycles. The third kappa shape index (κ3) is 21.3. The summed E-state index contributed by atoms with van der Waals surface area (Å²) in [7, 11) is 1.44. The average molecular weight is 1260 g/mol. The van der Waals surface area contributed by atoms with Crippen molar-refractivity contribution in [2.45, 2.75) is 212 Å². The first-order valence-electron chi connectivity index (χ1n) is 32.0. The van der Waals surface area contributed by atoms with E-state index in [1.54, 1.807) is 0 Å². The number of likely N-dealkylation sites (N-methyl/N-ethyl adjacent to an activating group) is 1. The Morgan fingerprint density at radius 1 is 0.618 bits per heavy atom. The number of benzene rings is 1. The van der Waals surface area contributed by atoms with Crippen LogP contribution in [0.1, 0.15) is 169 Å². The number of primary amides is 1. The minimum atomic E-state index is -5.01. The Labute approximate surface area is 521 Å². The molecule has 1 aromatic rings. The van der Waals surface area contributed by atoms with Crippen molar-refractivity contribution in [2.24, 2.45) is 69.5 Å². The number of carbonyl (C=O) groups excluding carboxylic acids is 10. The third-order valence-corrected chi connectivity index (χ3v) is 19.7. The van der Waals surface area contributed by atoms with Gasteiger partial charge in [-0.25, -0.2) is 4.79 Å². The molecule has 0 heterocycles. The highest BCUT2D eigenvalue weighted by molar-refractivity contribution is 5.97. The molecule has 4 saturated carbocycles. The van der Waals surface area contributed by atoms with Crippen molar-refractivity contribution in [1.29, 1.82) is 0 Å². The van der Waals surface area contributed by atoms with Gasteiger partial charge in [-0.1, -0.05) is 46.8 Å². The van der Waals surface area contributed by atoms with E-state index in [9.17, 15) is 66.2 Å². The Bertz CT molecular complexity index is 2600. The van der Waals surface area contributed by atoms with Crippen molar-refractivity contribution < 1.29 is 71.0 Å². The molecule has 0 spiro atoms. The topological polar surface area (TPSA) is 374 Å². The zero-order chi connectivity index (χ0) is 65.8. The van der Waals surface area contributed by atoms with Crippen molar-refractivity contribution in [1.82, 2.24) is 42.5 Å². The molecule has 4 unspecified atom stereocenters. The molecule has 15 N–H and O–H groups in total. The van der Waals surface area contributed by atoms with E-state index in [2.05, 4.69) is 63.3 Å². The van der Waals surface area contributed by atoms with Crippen LogP contribution in [0.15, 0.2) is 24.3 Å². The van der Waals surface area contributed by atoms with Gasteiger partial charge in [0.1, 0.15) is 42.1 Å². The van der Waals surface area contributed by atoms with E-state index < -0.39 is 109 Å². The summed E-state index contributed by atoms with van der Waals surface area (Å²) in [4.78, 5) is 133. The highest BCUT2D eigenvalue weighted by Gasteiger charge is 2.61. The molecule has 23 nitrogen and oxygen atoms in total. The number of rotatable bonds is 34. The van der Waals surface area contributed by atoms with Crippen molar-refractivity contribution in [3.63, 3.8) is 0 Å². The monoisotopic (exact) mass is 1260 g/mol. The van der Waals surface area contributed by atoms with Gasteiger partial charge in [-0.05, 0) is 199 Å². The van der Waals surface area contributed by atoms with Crippen molar-refractivity contribution in [3.05, 3.63) is 29.8 Å². The second-order valence-electron chi connectivity index (χ2n) is 26.3. The highest BCUT2D eigenvalue weighted by Crippen LogP contribution is 2.68. The molecule has 0 aromatic heterocycles. The molecule has 89 heavy (non-hydrogen) atoms. The Morgan fingerprint density at radius 3 is 1.72 bits per heavy atom. The minimum absolute atomic E-state index is 0.0309. The second-order valence-corrected chi connectivity index (χ2v) is 26.3. The van der Waals surface area contributed by atoms with Gasteiger partial charge in [0.05, 0.1) is 13.1 Å². The molecule has 0 aliphatic heterocycles. The van der Waals surface area contributed by atoms with Crippen LogP contribution < -0.4 is 59.7 Å². The fourth-order valence-electron chi connectivity index (χ4n) is 15.0. The molecule has 4 fully saturated rings. The summed E-state index contributed by atoms with van der Waals surface area (Å²) in [5.74, 6) is -6.21. The number of nitrogens with one attached hydrogen (secondary N) is 8. The van der Waals surface area contributed by atoms with Crippen LogP contribution in [-0.4, -0.2) is 140 Å². The maximum absolute atomic E-state index is 14.3. The Morgan fingerprint density at radius 2 is 1.16 bits per heavy atom. The summed E-state index contributed by atoms with van der Waals surface area (Å²) < 4.78 is 44.0. The number of ether oxygens (including phenoxy) is 1. The maximum atomic E-state index is 14.3. The lowest BCUT2D eigenvalue weighted by Crippen LogP contribution is -2.59. The zero-order valence-corrected chi connectivity index (χ0v) is 52.8. The molecule has 0 bridgehead atoms. The van der Waals surface area contributed by atoms with Crippen LogP contribution in [0.2, 0.25) is 0 Å². The number of hydrogen-bond donors (Lipinski definition) is 12. The van der Waals surface area contributed by atoms with Gasteiger partial charge in [0.15, 0.2) is 0 Å². The number of fused-ring (bicyclic) bond motifs is 5. The van der Waals surface area contributed by atoms with E-state index in [-0.39, 0.29) is 85.3 Å². The van der Waals surface area contributed by atoms with Crippen LogP contribution in [0, 0.1) is 52.3 Å². The Hall–Kier alpha value is -6.57. The normalized spacial score (nSPS) is 24.9. The fraction of sp³-hybridized carbons (Fsp3) is 0.746. The van der Waals surface area contributed by atoms with Crippen molar-refractivity contribution in [3.8, 4) is 5.75 Å². The number of amides is 9. The summed E-state index contributed by atoms with van der Waals surface area (Å²) in [5, 5.41) is 30.9. The van der Waals surface area contributed by atoms with E-state index in [1.165, 1.54) is 31.3 Å². The molecule has 0 radical (unpaired) electrons. The minimum Gasteiger partial charge on any atom is -0.508 e. The third-order valence-electron chi connectivity index (χ3n) is 19.7. The Kier molecular flexibility index (Phi) is 28.0. The summed E-state index contributed by atoms with van der Waals surface area (Å²) in [6.07, 6.45) is 4.05. The van der Waals surface area contributed by atoms with Gasteiger partial charge in [0, 0.05) is 26.3 Å². The lowest BCUT2D eigenvalue weighted by molar-refractivity contribution is -0.210. The van der Waals surface area contributed by atoms with E-state index in [0.29, 0.717) is 87.1 Å². The summed E-state index contributed by atoms with van der Waals surface area (Å²) in [5.41, 5.74) is 17.5. The molecular formula is C63H100F3N11O12. The summed E-state index contributed by atoms with van der Waals surface area (Å²) >= 11 is 0. The van der Waals surface area contributed by atoms with E-state index >= 15 is 0 Å². The number of unbranched alkanes of at least 4 members (excludes halogenated alkanes) is 2. The number of phenolic OH excluding ortho intramolecular Hbond substituents is 1. The molecule has 4 aliphatic rings. The number of hydrogen-bond acceptors (Lipinski definition) is 14. The van der Waals surface area contributed by atoms with E-state index in [0.717, 1.165) is 44.9 Å². The smallest absolute Gasteiger partial charge is 0.490 e. The van der Waals surface area contributed by atoms with Gasteiger partial charge in [0.2, 0.25) is 53.2 Å². The SMILES string of the molecule is CNC(=O)[C@H](CC(C)C)NC(=O)[C@H](CCCCN)NC(=O)[C@H](CCCCN)NC(=O)[C@H](CCC(N)=O)NC(=O)[C@H](Cc1ccc(O)cc1)NC(=O)CNC(=O)CNC(=O)CC[C@@H](C)[C@H]1CCC2C3CCC4C[C@H](OC(=O)C(F)(F)F)CC[C@]4(C)C3CC[C@@]21C. The first kappa shape index (κ1) is 73.2. The van der Waals surface area contributed by atoms with Crippen LogP contribution in [0.25, 0.3) is 0 Å². The van der Waals surface area contributed by atoms with Crippen LogP contribution >= 0.6 is 0 Å². The molecule has 500 valence electrons. The first-order valence-corrected chi connectivity index (χ1v) is 32.0. The summed E-state index contributed by atoms with van der Waals surface area (Å²) in [6.45, 7) is 10.2. The molecule has 14 atom stereocenters. The molecule has 5 rings (SSSR count). The molecule has 26 heteroatoms. The first-order chi connectivity index (χ1) is 42.0. The van der Waals surface area contributed by atoms with Gasteiger partial charge in [-0.3, -0.25) is 43.2 Å². The lowest BCUT2D eigenvalue weighted by Gasteiger charge is -2.61. The number of carbonyl (C=O) groups is 10. The van der Waals surface area contributed by atoms with Gasteiger partial charge < -0.3 is 69.6 Å². The largest absolute Gasteiger partial charge is 0.508 e. The quantitative estimate of drug-likeness (QED) is 0.0348. The van der Waals surface area contributed by atoms with Gasteiger partial charge in [-0.2, -0.15) is 13.2 Å². The number of phenols is 1. The number of aromatic hydroxyl groups is 1. The van der Waals surface area contributed by atoms with Crippen LogP contribution in [0.3, 0.4) is 0 Å². The van der Waals surface area contributed by atoms with Crippen LogP contribution in [0.4, 0.5) is 13.2 Å². The van der Waals surface area contributed by atoms with Crippen molar-refractivity contribution in [2.75, 3.05) is 33.2 Å². The predicted octanol–water partition coefficient (Wildman–Crippen LogP) is 3.46. The Balaban J connectivity index is 1.16. The predicted molar refractivity (Wildman–Crippen MR) is 325 cm³/mol.